The summed E-state index contributed by atoms with van der Waals surface area (Å²) in [5.74, 6) is 0. The molecule has 4 nitrogen and oxygen atoms in total. The molecule has 0 aromatic heterocycles. The van der Waals surface area contributed by atoms with Crippen molar-refractivity contribution in [3.8, 4) is 0 Å². The standard InChI is InChI=1S/C21H47NO3Si/c1-6-11-13-15-18-22(19-16-14-12-7-2)20-17-21-26(23-8-3,24-9-4)25-10-5/h6-21H2,1-5H3. The van der Waals surface area contributed by atoms with E-state index in [0.29, 0.717) is 19.8 Å². The van der Waals surface area contributed by atoms with Gasteiger partial charge in [-0.3, -0.25) is 0 Å². The summed E-state index contributed by atoms with van der Waals surface area (Å²) in [4.78, 5) is 2.66. The van der Waals surface area contributed by atoms with Crippen LogP contribution in [0.5, 0.6) is 0 Å². The van der Waals surface area contributed by atoms with Gasteiger partial charge in [0.1, 0.15) is 0 Å². The van der Waals surface area contributed by atoms with Crippen molar-refractivity contribution in [2.45, 2.75) is 98.5 Å². The van der Waals surface area contributed by atoms with Crippen LogP contribution < -0.4 is 0 Å². The van der Waals surface area contributed by atoms with Crippen LogP contribution in [0.1, 0.15) is 92.4 Å². The molecule has 0 radical (unpaired) electrons. The first kappa shape index (κ1) is 26.1. The molecule has 0 aliphatic heterocycles. The van der Waals surface area contributed by atoms with Gasteiger partial charge >= 0.3 is 8.80 Å². The van der Waals surface area contributed by atoms with Gasteiger partial charge in [-0.2, -0.15) is 0 Å². The lowest BCUT2D eigenvalue weighted by molar-refractivity contribution is 0.0698. The van der Waals surface area contributed by atoms with Crippen LogP contribution in [0.4, 0.5) is 0 Å². The minimum absolute atomic E-state index is 0.671. The fraction of sp³-hybridized carbons (Fsp3) is 1.00. The Morgan fingerprint density at radius 1 is 0.538 bits per heavy atom. The average molecular weight is 390 g/mol. The summed E-state index contributed by atoms with van der Waals surface area (Å²) in [6.45, 7) is 16.3. The van der Waals surface area contributed by atoms with Crippen molar-refractivity contribution in [3.63, 3.8) is 0 Å². The van der Waals surface area contributed by atoms with Crippen LogP contribution in [0.3, 0.4) is 0 Å². The molecule has 0 aliphatic rings. The molecule has 0 aromatic carbocycles. The second-order valence-corrected chi connectivity index (χ2v) is 9.78. The number of unbranched alkanes of at least 4 members (excludes halogenated alkanes) is 6. The van der Waals surface area contributed by atoms with Crippen LogP contribution in [0.15, 0.2) is 0 Å². The molecule has 0 N–H and O–H groups in total. The first-order chi connectivity index (χ1) is 12.7. The fourth-order valence-corrected chi connectivity index (χ4v) is 5.97. The van der Waals surface area contributed by atoms with Gasteiger partial charge in [0.15, 0.2) is 0 Å². The number of rotatable bonds is 20. The highest BCUT2D eigenvalue weighted by Gasteiger charge is 2.39. The van der Waals surface area contributed by atoms with Gasteiger partial charge < -0.3 is 18.2 Å². The first-order valence-corrected chi connectivity index (χ1v) is 13.2. The van der Waals surface area contributed by atoms with Crippen LogP contribution in [0, 0.1) is 0 Å². The van der Waals surface area contributed by atoms with Crippen molar-refractivity contribution in [3.05, 3.63) is 0 Å². The number of nitrogens with zero attached hydrogens (tertiary/aromatic N) is 1. The zero-order chi connectivity index (χ0) is 19.5. The summed E-state index contributed by atoms with van der Waals surface area (Å²) in [7, 11) is -2.48. The smallest absolute Gasteiger partial charge is 0.374 e. The van der Waals surface area contributed by atoms with Crippen LogP contribution in [0.25, 0.3) is 0 Å². The number of hydrogen-bond donors (Lipinski definition) is 0. The third kappa shape index (κ3) is 13.3. The van der Waals surface area contributed by atoms with Gasteiger partial charge in [-0.05, 0) is 59.7 Å². The molecule has 0 rings (SSSR count). The average Bonchev–Trinajstić information content (AvgIpc) is 2.62. The zero-order valence-corrected chi connectivity index (χ0v) is 19.5. The second-order valence-electron chi connectivity index (χ2n) is 7.05. The molecule has 0 bridgehead atoms. The summed E-state index contributed by atoms with van der Waals surface area (Å²) in [5.41, 5.74) is 0. The van der Waals surface area contributed by atoms with Gasteiger partial charge in [-0.1, -0.05) is 52.4 Å². The van der Waals surface area contributed by atoms with Crippen molar-refractivity contribution in [2.75, 3.05) is 39.5 Å². The highest BCUT2D eigenvalue weighted by atomic mass is 28.4. The van der Waals surface area contributed by atoms with Crippen LogP contribution in [-0.4, -0.2) is 53.2 Å². The van der Waals surface area contributed by atoms with Crippen LogP contribution >= 0.6 is 0 Å². The molecule has 158 valence electrons. The quantitative estimate of drug-likeness (QED) is 0.192. The Labute approximate surface area is 165 Å². The van der Waals surface area contributed by atoms with Gasteiger partial charge in [-0.15, -0.1) is 0 Å². The molecule has 0 saturated heterocycles. The molecule has 0 aromatic rings. The third-order valence-corrected chi connectivity index (χ3v) is 7.86. The topological polar surface area (TPSA) is 30.9 Å². The summed E-state index contributed by atoms with van der Waals surface area (Å²) in [6, 6.07) is 0.933. The van der Waals surface area contributed by atoms with E-state index >= 15 is 0 Å². The van der Waals surface area contributed by atoms with E-state index < -0.39 is 8.80 Å². The molecule has 0 saturated carbocycles. The van der Waals surface area contributed by atoms with E-state index in [9.17, 15) is 0 Å². The lowest BCUT2D eigenvalue weighted by Crippen LogP contribution is -2.46. The van der Waals surface area contributed by atoms with Crippen molar-refractivity contribution in [2.24, 2.45) is 0 Å². The largest absolute Gasteiger partial charge is 0.500 e. The summed E-state index contributed by atoms with van der Waals surface area (Å²) < 4.78 is 18.0. The maximum Gasteiger partial charge on any atom is 0.500 e. The van der Waals surface area contributed by atoms with Crippen molar-refractivity contribution >= 4 is 8.80 Å². The lowest BCUT2D eigenvalue weighted by atomic mass is 10.1. The maximum atomic E-state index is 5.99. The highest BCUT2D eigenvalue weighted by Crippen LogP contribution is 2.19. The van der Waals surface area contributed by atoms with Crippen molar-refractivity contribution in [1.82, 2.24) is 4.90 Å². The first-order valence-electron chi connectivity index (χ1n) is 11.3. The predicted octanol–water partition coefficient (Wildman–Crippen LogP) is 5.89. The van der Waals surface area contributed by atoms with E-state index in [4.69, 9.17) is 13.3 Å². The van der Waals surface area contributed by atoms with E-state index in [1.165, 1.54) is 64.5 Å². The predicted molar refractivity (Wildman–Crippen MR) is 115 cm³/mol. The lowest BCUT2D eigenvalue weighted by Gasteiger charge is -2.29. The Kier molecular flexibility index (Phi) is 18.5. The van der Waals surface area contributed by atoms with Crippen molar-refractivity contribution < 1.29 is 13.3 Å². The monoisotopic (exact) mass is 389 g/mol. The Morgan fingerprint density at radius 3 is 1.35 bits per heavy atom. The maximum absolute atomic E-state index is 5.99. The SMILES string of the molecule is CCCCCCN(CCCCCC)CCC[Si](OCC)(OCC)OCC. The molecular formula is C21H47NO3Si. The van der Waals surface area contributed by atoms with E-state index in [-0.39, 0.29) is 0 Å². The normalized spacial score (nSPS) is 12.2. The van der Waals surface area contributed by atoms with Crippen molar-refractivity contribution in [1.29, 1.82) is 0 Å². The van der Waals surface area contributed by atoms with Crippen LogP contribution in [0.2, 0.25) is 6.04 Å². The Bertz CT molecular complexity index is 263. The fourth-order valence-electron chi connectivity index (χ4n) is 3.38. The van der Waals surface area contributed by atoms with E-state index in [0.717, 1.165) is 19.0 Å². The van der Waals surface area contributed by atoms with Gasteiger partial charge in [0.25, 0.3) is 0 Å². The van der Waals surface area contributed by atoms with Gasteiger partial charge in [0, 0.05) is 25.9 Å². The van der Waals surface area contributed by atoms with Gasteiger partial charge in [0.05, 0.1) is 0 Å². The Balaban J connectivity index is 4.44. The molecule has 5 heteroatoms. The van der Waals surface area contributed by atoms with Gasteiger partial charge in [-0.25, -0.2) is 0 Å². The molecule has 0 amide bonds. The minimum Gasteiger partial charge on any atom is -0.374 e. The van der Waals surface area contributed by atoms with Crippen LogP contribution in [-0.2, 0) is 13.3 Å². The molecule has 26 heavy (non-hydrogen) atoms. The molecule has 0 heterocycles. The minimum atomic E-state index is -2.48. The third-order valence-electron chi connectivity index (χ3n) is 4.71. The molecule has 0 aliphatic carbocycles. The highest BCUT2D eigenvalue weighted by molar-refractivity contribution is 6.60. The van der Waals surface area contributed by atoms with E-state index in [1.54, 1.807) is 0 Å². The summed E-state index contributed by atoms with van der Waals surface area (Å²) >= 11 is 0. The molecule has 0 atom stereocenters. The molecule has 0 fully saturated rings. The Morgan fingerprint density at radius 2 is 0.962 bits per heavy atom. The molecular weight excluding hydrogens is 342 g/mol. The number of hydrogen-bond acceptors (Lipinski definition) is 4. The Hall–Kier alpha value is 0.0569. The summed E-state index contributed by atoms with van der Waals surface area (Å²) in [6.07, 6.45) is 11.8. The van der Waals surface area contributed by atoms with E-state index in [1.807, 2.05) is 20.8 Å². The molecule has 0 unspecified atom stereocenters. The zero-order valence-electron chi connectivity index (χ0n) is 18.5. The second kappa shape index (κ2) is 18.4. The molecule has 0 spiro atoms. The van der Waals surface area contributed by atoms with E-state index in [2.05, 4.69) is 18.7 Å². The summed E-state index contributed by atoms with van der Waals surface area (Å²) in [5, 5.41) is 0. The van der Waals surface area contributed by atoms with Gasteiger partial charge in [0.2, 0.25) is 0 Å².